The van der Waals surface area contributed by atoms with Crippen molar-refractivity contribution < 1.29 is 5.11 Å². The smallest absolute Gasteiger partial charge is 0.223 e. The zero-order chi connectivity index (χ0) is 13.8. The van der Waals surface area contributed by atoms with E-state index in [0.717, 1.165) is 21.1 Å². The molecule has 4 nitrogen and oxygen atoms in total. The van der Waals surface area contributed by atoms with Crippen LogP contribution in [0, 0.1) is 0 Å². The fourth-order valence-electron chi connectivity index (χ4n) is 1.80. The molecule has 0 saturated carbocycles. The van der Waals surface area contributed by atoms with Gasteiger partial charge in [-0.1, -0.05) is 12.1 Å². The Hall–Kier alpha value is -1.76. The predicted molar refractivity (Wildman–Crippen MR) is 84.2 cm³/mol. The fourth-order valence-corrected chi connectivity index (χ4v) is 3.17. The Labute approximate surface area is 124 Å². The molecular weight excluding hydrogens is 290 g/mol. The molecule has 3 heterocycles. The highest BCUT2D eigenvalue weighted by molar-refractivity contribution is 7.14. The van der Waals surface area contributed by atoms with Gasteiger partial charge in [0.05, 0.1) is 27.7 Å². The first-order chi connectivity index (χ1) is 9.86. The van der Waals surface area contributed by atoms with Gasteiger partial charge in [-0.25, -0.2) is 9.97 Å². The van der Waals surface area contributed by atoms with Crippen LogP contribution in [0.1, 0.15) is 0 Å². The molecule has 0 atom stereocenters. The van der Waals surface area contributed by atoms with Crippen molar-refractivity contribution in [2.75, 3.05) is 18.5 Å². The van der Waals surface area contributed by atoms with Crippen LogP contribution in [0.3, 0.4) is 0 Å². The van der Waals surface area contributed by atoms with Crippen LogP contribution in [0.4, 0.5) is 5.95 Å². The first-order valence-electron chi connectivity index (χ1n) is 6.18. The van der Waals surface area contributed by atoms with E-state index in [1.807, 2.05) is 41.1 Å². The van der Waals surface area contributed by atoms with Crippen molar-refractivity contribution in [2.24, 2.45) is 0 Å². The molecule has 3 aromatic heterocycles. The van der Waals surface area contributed by atoms with E-state index in [9.17, 15) is 0 Å². The molecule has 0 unspecified atom stereocenters. The number of thiophene rings is 2. The molecule has 0 amide bonds. The molecule has 2 N–H and O–H groups in total. The van der Waals surface area contributed by atoms with Crippen LogP contribution in [0.2, 0.25) is 0 Å². The molecule has 20 heavy (non-hydrogen) atoms. The Morgan fingerprint density at radius 1 is 1.00 bits per heavy atom. The molecule has 6 heteroatoms. The lowest BCUT2D eigenvalue weighted by Gasteiger charge is -2.07. The monoisotopic (exact) mass is 303 g/mol. The number of aromatic nitrogens is 2. The van der Waals surface area contributed by atoms with Crippen LogP contribution in [0.5, 0.6) is 0 Å². The van der Waals surface area contributed by atoms with Crippen molar-refractivity contribution in [1.29, 1.82) is 0 Å². The van der Waals surface area contributed by atoms with E-state index < -0.39 is 0 Å². The van der Waals surface area contributed by atoms with Crippen molar-refractivity contribution in [3.63, 3.8) is 0 Å². The van der Waals surface area contributed by atoms with E-state index in [-0.39, 0.29) is 6.61 Å². The third-order valence-electron chi connectivity index (χ3n) is 2.67. The van der Waals surface area contributed by atoms with Gasteiger partial charge in [0.25, 0.3) is 0 Å². The Morgan fingerprint density at radius 2 is 1.60 bits per heavy atom. The molecule has 0 aromatic carbocycles. The van der Waals surface area contributed by atoms with Gasteiger partial charge in [0.15, 0.2) is 0 Å². The lowest BCUT2D eigenvalue weighted by Crippen LogP contribution is -2.09. The molecule has 3 rings (SSSR count). The number of aliphatic hydroxyl groups excluding tert-OH is 1. The van der Waals surface area contributed by atoms with Crippen molar-refractivity contribution in [2.45, 2.75) is 0 Å². The molecule has 0 aliphatic carbocycles. The first kappa shape index (κ1) is 13.2. The average Bonchev–Trinajstić information content (AvgIpc) is 3.17. The first-order valence-corrected chi connectivity index (χ1v) is 7.94. The van der Waals surface area contributed by atoms with E-state index in [0.29, 0.717) is 12.5 Å². The lowest BCUT2D eigenvalue weighted by molar-refractivity contribution is 0.311. The van der Waals surface area contributed by atoms with Crippen molar-refractivity contribution in [1.82, 2.24) is 9.97 Å². The van der Waals surface area contributed by atoms with Crippen LogP contribution in [0.25, 0.3) is 21.1 Å². The molecule has 102 valence electrons. The number of aliphatic hydroxyl groups is 1. The van der Waals surface area contributed by atoms with Gasteiger partial charge in [0.2, 0.25) is 5.95 Å². The average molecular weight is 303 g/mol. The molecule has 0 radical (unpaired) electrons. The van der Waals surface area contributed by atoms with Crippen LogP contribution in [0.15, 0.2) is 41.1 Å². The normalized spacial score (nSPS) is 10.7. The Bertz CT molecular complexity index is 613. The quantitative estimate of drug-likeness (QED) is 0.759. The summed E-state index contributed by atoms with van der Waals surface area (Å²) >= 11 is 3.30. The van der Waals surface area contributed by atoms with E-state index in [4.69, 9.17) is 5.11 Å². The van der Waals surface area contributed by atoms with E-state index >= 15 is 0 Å². The number of hydrogen-bond acceptors (Lipinski definition) is 6. The number of nitrogens with zero attached hydrogens (tertiary/aromatic N) is 2. The summed E-state index contributed by atoms with van der Waals surface area (Å²) in [6.07, 6.45) is 0. The number of nitrogens with one attached hydrogen (secondary N) is 1. The maximum absolute atomic E-state index is 8.92. The summed E-state index contributed by atoms with van der Waals surface area (Å²) in [6.45, 7) is 0.499. The standard InChI is InChI=1S/C14H13N3OS2/c18-6-5-15-14-16-10(12-3-1-7-19-12)9-11(17-14)13-4-2-8-20-13/h1-4,7-9,18H,5-6H2,(H,15,16,17). The Balaban J connectivity index is 2.03. The van der Waals surface area contributed by atoms with Gasteiger partial charge in [-0.15, -0.1) is 22.7 Å². The zero-order valence-corrected chi connectivity index (χ0v) is 12.2. The molecular formula is C14H13N3OS2. The van der Waals surface area contributed by atoms with Crippen LogP contribution < -0.4 is 5.32 Å². The molecule has 0 saturated heterocycles. The minimum atomic E-state index is 0.0565. The summed E-state index contributed by atoms with van der Waals surface area (Å²) in [4.78, 5) is 11.2. The second-order valence-corrected chi connectivity index (χ2v) is 5.96. The number of hydrogen-bond donors (Lipinski definition) is 2. The topological polar surface area (TPSA) is 58.0 Å². The Kier molecular flexibility index (Phi) is 4.05. The summed E-state index contributed by atoms with van der Waals surface area (Å²) in [5.74, 6) is 0.549. The van der Waals surface area contributed by atoms with E-state index in [2.05, 4.69) is 15.3 Å². The lowest BCUT2D eigenvalue weighted by atomic mass is 10.2. The van der Waals surface area contributed by atoms with Gasteiger partial charge in [-0.05, 0) is 29.0 Å². The molecule has 0 spiro atoms. The van der Waals surface area contributed by atoms with Gasteiger partial charge in [-0.2, -0.15) is 0 Å². The Morgan fingerprint density at radius 3 is 2.05 bits per heavy atom. The summed E-state index contributed by atoms with van der Waals surface area (Å²) in [5.41, 5.74) is 1.80. The highest BCUT2D eigenvalue weighted by Crippen LogP contribution is 2.29. The van der Waals surface area contributed by atoms with Gasteiger partial charge in [0, 0.05) is 6.54 Å². The minimum Gasteiger partial charge on any atom is -0.395 e. The largest absolute Gasteiger partial charge is 0.395 e. The van der Waals surface area contributed by atoms with Crippen molar-refractivity contribution >= 4 is 28.6 Å². The van der Waals surface area contributed by atoms with Gasteiger partial charge in [0.1, 0.15) is 0 Å². The molecule has 0 aliphatic heterocycles. The predicted octanol–water partition coefficient (Wildman–Crippen LogP) is 3.34. The maximum atomic E-state index is 8.92. The number of anilines is 1. The molecule has 0 bridgehead atoms. The maximum Gasteiger partial charge on any atom is 0.223 e. The molecule has 0 fully saturated rings. The number of rotatable bonds is 5. The SMILES string of the molecule is OCCNc1nc(-c2cccs2)cc(-c2cccs2)n1. The third kappa shape index (κ3) is 2.87. The second kappa shape index (κ2) is 6.13. The van der Waals surface area contributed by atoms with Gasteiger partial charge < -0.3 is 10.4 Å². The van der Waals surface area contributed by atoms with Gasteiger partial charge in [-0.3, -0.25) is 0 Å². The molecule has 0 aliphatic rings. The summed E-state index contributed by atoms with van der Waals surface area (Å²) in [7, 11) is 0. The van der Waals surface area contributed by atoms with Crippen LogP contribution in [-0.4, -0.2) is 28.2 Å². The third-order valence-corrected chi connectivity index (χ3v) is 4.45. The highest BCUT2D eigenvalue weighted by atomic mass is 32.1. The molecule has 3 aromatic rings. The minimum absolute atomic E-state index is 0.0565. The van der Waals surface area contributed by atoms with Gasteiger partial charge >= 0.3 is 0 Å². The highest BCUT2D eigenvalue weighted by Gasteiger charge is 2.09. The summed E-state index contributed by atoms with van der Waals surface area (Å²) in [6, 6.07) is 10.1. The van der Waals surface area contributed by atoms with Crippen LogP contribution in [-0.2, 0) is 0 Å². The van der Waals surface area contributed by atoms with E-state index in [1.165, 1.54) is 0 Å². The van der Waals surface area contributed by atoms with Crippen molar-refractivity contribution in [3.8, 4) is 21.1 Å². The van der Waals surface area contributed by atoms with Crippen molar-refractivity contribution in [3.05, 3.63) is 41.1 Å². The zero-order valence-electron chi connectivity index (χ0n) is 10.6. The fraction of sp³-hybridized carbons (Fsp3) is 0.143. The van der Waals surface area contributed by atoms with E-state index in [1.54, 1.807) is 22.7 Å². The summed E-state index contributed by atoms with van der Waals surface area (Å²) in [5, 5.41) is 16.0. The van der Waals surface area contributed by atoms with Crippen LogP contribution >= 0.6 is 22.7 Å². The summed E-state index contributed by atoms with van der Waals surface area (Å²) < 4.78 is 0. The second-order valence-electron chi connectivity index (χ2n) is 4.07.